The Kier molecular flexibility index (Phi) is 5.12. The maximum Gasteiger partial charge on any atom is 0.191 e. The molecule has 0 bridgehead atoms. The summed E-state index contributed by atoms with van der Waals surface area (Å²) >= 11 is 1.70. The summed E-state index contributed by atoms with van der Waals surface area (Å²) in [5, 5.41) is 7.71. The molecule has 0 aliphatic carbocycles. The van der Waals surface area contributed by atoms with Crippen LogP contribution in [0.1, 0.15) is 21.0 Å². The quantitative estimate of drug-likeness (QED) is 0.652. The average molecular weight is 330 g/mol. The second-order valence-electron chi connectivity index (χ2n) is 5.51. The Labute approximate surface area is 140 Å². The van der Waals surface area contributed by atoms with Gasteiger partial charge in [-0.2, -0.15) is 0 Å². The standard InChI is InChI=1S/C17H22N4OS/c1-12-10-20-16(23-12)11-21-17(18-2)19-7-5-13-3-4-15-14(9-13)6-8-22-15/h3-4,9-10H,5-8,11H2,1-2H3,(H2,18,19,21). The van der Waals surface area contributed by atoms with Crippen molar-refractivity contribution in [1.29, 1.82) is 0 Å². The van der Waals surface area contributed by atoms with Crippen molar-refractivity contribution < 1.29 is 4.74 Å². The molecule has 23 heavy (non-hydrogen) atoms. The molecule has 5 nitrogen and oxygen atoms in total. The number of benzene rings is 1. The Balaban J connectivity index is 1.45. The number of hydrogen-bond donors (Lipinski definition) is 2. The number of hydrogen-bond acceptors (Lipinski definition) is 4. The number of guanidine groups is 1. The van der Waals surface area contributed by atoms with Gasteiger partial charge in [0.15, 0.2) is 5.96 Å². The van der Waals surface area contributed by atoms with Crippen LogP contribution in [0.3, 0.4) is 0 Å². The van der Waals surface area contributed by atoms with E-state index in [1.807, 2.05) is 6.20 Å². The SMILES string of the molecule is CN=C(NCCc1ccc2c(c1)CCO2)NCc1ncc(C)s1. The van der Waals surface area contributed by atoms with Crippen LogP contribution in [0, 0.1) is 6.92 Å². The third-order valence-electron chi connectivity index (χ3n) is 3.76. The van der Waals surface area contributed by atoms with E-state index in [1.165, 1.54) is 16.0 Å². The van der Waals surface area contributed by atoms with Crippen molar-refractivity contribution >= 4 is 17.3 Å². The molecule has 1 aliphatic heterocycles. The third-order valence-corrected chi connectivity index (χ3v) is 4.67. The summed E-state index contributed by atoms with van der Waals surface area (Å²) in [7, 11) is 1.79. The number of nitrogens with one attached hydrogen (secondary N) is 2. The monoisotopic (exact) mass is 330 g/mol. The Morgan fingerprint density at radius 1 is 1.39 bits per heavy atom. The highest BCUT2D eigenvalue weighted by molar-refractivity contribution is 7.11. The van der Waals surface area contributed by atoms with E-state index < -0.39 is 0 Å². The van der Waals surface area contributed by atoms with Gasteiger partial charge in [-0.1, -0.05) is 12.1 Å². The summed E-state index contributed by atoms with van der Waals surface area (Å²) in [6.07, 6.45) is 3.88. The molecule has 0 saturated heterocycles. The van der Waals surface area contributed by atoms with Crippen molar-refractivity contribution in [1.82, 2.24) is 15.6 Å². The molecule has 0 fully saturated rings. The highest BCUT2D eigenvalue weighted by Crippen LogP contribution is 2.25. The van der Waals surface area contributed by atoms with Gasteiger partial charge in [0, 0.05) is 31.1 Å². The van der Waals surface area contributed by atoms with Crippen LogP contribution in [0.5, 0.6) is 5.75 Å². The first-order chi connectivity index (χ1) is 11.2. The van der Waals surface area contributed by atoms with Crippen LogP contribution in [0.15, 0.2) is 29.4 Å². The van der Waals surface area contributed by atoms with Gasteiger partial charge in [0.25, 0.3) is 0 Å². The lowest BCUT2D eigenvalue weighted by Gasteiger charge is -2.11. The maximum absolute atomic E-state index is 5.54. The number of aryl methyl sites for hydroxylation is 1. The van der Waals surface area contributed by atoms with Crippen LogP contribution < -0.4 is 15.4 Å². The summed E-state index contributed by atoms with van der Waals surface area (Å²) in [4.78, 5) is 9.82. The summed E-state index contributed by atoms with van der Waals surface area (Å²) in [6, 6.07) is 6.47. The molecule has 6 heteroatoms. The Bertz CT molecular complexity index is 696. The lowest BCUT2D eigenvalue weighted by Crippen LogP contribution is -2.37. The molecule has 2 N–H and O–H groups in total. The average Bonchev–Trinajstić information content (AvgIpc) is 3.18. The predicted molar refractivity (Wildman–Crippen MR) is 94.4 cm³/mol. The molecule has 0 radical (unpaired) electrons. The number of thiazole rings is 1. The van der Waals surface area contributed by atoms with Crippen LogP contribution in [0.25, 0.3) is 0 Å². The molecule has 2 heterocycles. The minimum Gasteiger partial charge on any atom is -0.493 e. The van der Waals surface area contributed by atoms with Gasteiger partial charge >= 0.3 is 0 Å². The largest absolute Gasteiger partial charge is 0.493 e. The molecule has 0 saturated carbocycles. The number of aliphatic imine (C=N–C) groups is 1. The van der Waals surface area contributed by atoms with Crippen molar-refractivity contribution in [3.8, 4) is 5.75 Å². The van der Waals surface area contributed by atoms with Gasteiger partial charge in [-0.25, -0.2) is 4.98 Å². The van der Waals surface area contributed by atoms with E-state index in [2.05, 4.69) is 45.7 Å². The van der Waals surface area contributed by atoms with Gasteiger partial charge in [-0.05, 0) is 30.5 Å². The zero-order chi connectivity index (χ0) is 16.1. The number of aromatic nitrogens is 1. The van der Waals surface area contributed by atoms with E-state index in [9.17, 15) is 0 Å². The minimum atomic E-state index is 0.703. The van der Waals surface area contributed by atoms with E-state index in [0.717, 1.165) is 42.7 Å². The fraction of sp³-hybridized carbons (Fsp3) is 0.412. The fourth-order valence-corrected chi connectivity index (χ4v) is 3.31. The second-order valence-corrected chi connectivity index (χ2v) is 6.83. The molecule has 0 amide bonds. The Hall–Kier alpha value is -2.08. The van der Waals surface area contributed by atoms with Crippen LogP contribution in [0.4, 0.5) is 0 Å². The molecule has 122 valence electrons. The minimum absolute atomic E-state index is 0.703. The van der Waals surface area contributed by atoms with Crippen LogP contribution in [0.2, 0.25) is 0 Å². The number of nitrogens with zero attached hydrogens (tertiary/aromatic N) is 2. The van der Waals surface area contributed by atoms with E-state index in [4.69, 9.17) is 4.74 Å². The lowest BCUT2D eigenvalue weighted by atomic mass is 10.1. The molecule has 0 unspecified atom stereocenters. The Morgan fingerprint density at radius 2 is 2.30 bits per heavy atom. The van der Waals surface area contributed by atoms with Gasteiger partial charge in [0.1, 0.15) is 10.8 Å². The van der Waals surface area contributed by atoms with Gasteiger partial charge < -0.3 is 15.4 Å². The third kappa shape index (κ3) is 4.22. The summed E-state index contributed by atoms with van der Waals surface area (Å²) in [6.45, 7) is 4.42. The van der Waals surface area contributed by atoms with E-state index in [0.29, 0.717) is 6.54 Å². The first-order valence-corrected chi connectivity index (χ1v) is 8.66. The fourth-order valence-electron chi connectivity index (χ4n) is 2.58. The zero-order valence-corrected chi connectivity index (χ0v) is 14.4. The number of rotatable bonds is 5. The molecule has 0 spiro atoms. The smallest absolute Gasteiger partial charge is 0.191 e. The zero-order valence-electron chi connectivity index (χ0n) is 13.6. The van der Waals surface area contributed by atoms with E-state index >= 15 is 0 Å². The summed E-state index contributed by atoms with van der Waals surface area (Å²) < 4.78 is 5.54. The van der Waals surface area contributed by atoms with E-state index in [1.54, 1.807) is 18.4 Å². The normalized spacial score (nSPS) is 13.6. The molecule has 0 atom stereocenters. The van der Waals surface area contributed by atoms with Crippen LogP contribution in [-0.2, 0) is 19.4 Å². The van der Waals surface area contributed by atoms with Crippen molar-refractivity contribution in [3.63, 3.8) is 0 Å². The van der Waals surface area contributed by atoms with Crippen molar-refractivity contribution in [2.75, 3.05) is 20.2 Å². The molecular weight excluding hydrogens is 308 g/mol. The van der Waals surface area contributed by atoms with Gasteiger partial charge in [0.2, 0.25) is 0 Å². The van der Waals surface area contributed by atoms with Gasteiger partial charge in [0.05, 0.1) is 13.2 Å². The highest BCUT2D eigenvalue weighted by atomic mass is 32.1. The lowest BCUT2D eigenvalue weighted by molar-refractivity contribution is 0.357. The van der Waals surface area contributed by atoms with Crippen molar-refractivity contribution in [2.45, 2.75) is 26.3 Å². The Morgan fingerprint density at radius 3 is 3.09 bits per heavy atom. The molecule has 3 rings (SSSR count). The molecule has 1 aromatic carbocycles. The van der Waals surface area contributed by atoms with Crippen molar-refractivity contribution in [3.05, 3.63) is 45.4 Å². The summed E-state index contributed by atoms with van der Waals surface area (Å²) in [5.74, 6) is 1.85. The topological polar surface area (TPSA) is 58.5 Å². The first-order valence-electron chi connectivity index (χ1n) is 7.85. The molecule has 2 aromatic rings. The van der Waals surface area contributed by atoms with E-state index in [-0.39, 0.29) is 0 Å². The maximum atomic E-state index is 5.54. The first kappa shape index (κ1) is 15.8. The number of ether oxygens (including phenoxy) is 1. The molecular formula is C17H22N4OS. The molecule has 1 aliphatic rings. The summed E-state index contributed by atoms with van der Waals surface area (Å²) in [5.41, 5.74) is 2.65. The van der Waals surface area contributed by atoms with Gasteiger partial charge in [-0.3, -0.25) is 4.99 Å². The van der Waals surface area contributed by atoms with Gasteiger partial charge in [-0.15, -0.1) is 11.3 Å². The van der Waals surface area contributed by atoms with Crippen molar-refractivity contribution in [2.24, 2.45) is 4.99 Å². The highest BCUT2D eigenvalue weighted by Gasteiger charge is 2.11. The second kappa shape index (κ2) is 7.46. The van der Waals surface area contributed by atoms with Crippen LogP contribution in [-0.4, -0.2) is 31.1 Å². The predicted octanol–water partition coefficient (Wildman–Crippen LogP) is 2.29. The van der Waals surface area contributed by atoms with Crippen LogP contribution >= 0.6 is 11.3 Å². The number of fused-ring (bicyclic) bond motifs is 1. The molecule has 1 aromatic heterocycles.